The van der Waals surface area contributed by atoms with E-state index in [1.807, 2.05) is 19.9 Å². The summed E-state index contributed by atoms with van der Waals surface area (Å²) in [5.74, 6) is 0.164. The molecule has 0 saturated carbocycles. The van der Waals surface area contributed by atoms with Gasteiger partial charge in [0.2, 0.25) is 0 Å². The zero-order valence-corrected chi connectivity index (χ0v) is 11.4. The standard InChI is InChI=1S/C15H24FN/c1-5-13(17)7-6-10(2)14-8-11(3)12(4)9-15(14)16/h8-10,13H,5-7,17H2,1-4H3. The summed E-state index contributed by atoms with van der Waals surface area (Å²) in [6.07, 6.45) is 2.90. The van der Waals surface area contributed by atoms with Crippen LogP contribution in [-0.2, 0) is 0 Å². The molecule has 1 rings (SSSR count). The van der Waals surface area contributed by atoms with Gasteiger partial charge < -0.3 is 5.73 Å². The Labute approximate surface area is 104 Å². The van der Waals surface area contributed by atoms with E-state index < -0.39 is 0 Å². The van der Waals surface area contributed by atoms with E-state index in [0.29, 0.717) is 0 Å². The Balaban J connectivity index is 2.75. The molecular weight excluding hydrogens is 213 g/mol. The molecule has 2 heteroatoms. The van der Waals surface area contributed by atoms with E-state index in [-0.39, 0.29) is 17.8 Å². The normalized spacial score (nSPS) is 14.7. The molecule has 0 bridgehead atoms. The van der Waals surface area contributed by atoms with Crippen molar-refractivity contribution in [2.75, 3.05) is 0 Å². The van der Waals surface area contributed by atoms with Crippen LogP contribution >= 0.6 is 0 Å². The molecule has 1 aromatic rings. The monoisotopic (exact) mass is 237 g/mol. The largest absolute Gasteiger partial charge is 0.328 e. The molecule has 1 aromatic carbocycles. The Morgan fingerprint density at radius 1 is 1.18 bits per heavy atom. The van der Waals surface area contributed by atoms with Gasteiger partial charge in [-0.3, -0.25) is 0 Å². The SMILES string of the molecule is CCC(N)CCC(C)c1cc(C)c(C)cc1F. The fraction of sp³-hybridized carbons (Fsp3) is 0.600. The third-order valence-electron chi connectivity index (χ3n) is 3.64. The van der Waals surface area contributed by atoms with E-state index in [9.17, 15) is 4.39 Å². The molecule has 0 fully saturated rings. The lowest BCUT2D eigenvalue weighted by molar-refractivity contribution is 0.512. The lowest BCUT2D eigenvalue weighted by Crippen LogP contribution is -2.19. The lowest BCUT2D eigenvalue weighted by Gasteiger charge is -2.17. The van der Waals surface area contributed by atoms with Crippen molar-refractivity contribution in [3.63, 3.8) is 0 Å². The van der Waals surface area contributed by atoms with Crippen molar-refractivity contribution in [2.45, 2.75) is 58.9 Å². The van der Waals surface area contributed by atoms with Gasteiger partial charge in [0.1, 0.15) is 5.82 Å². The fourth-order valence-corrected chi connectivity index (χ4v) is 2.00. The number of aryl methyl sites for hydroxylation is 2. The number of nitrogens with two attached hydrogens (primary N) is 1. The summed E-state index contributed by atoms with van der Waals surface area (Å²) in [4.78, 5) is 0. The van der Waals surface area contributed by atoms with Gasteiger partial charge in [-0.1, -0.05) is 19.9 Å². The first-order chi connectivity index (χ1) is 7.95. The Kier molecular flexibility index (Phi) is 5.13. The second kappa shape index (κ2) is 6.15. The second-order valence-corrected chi connectivity index (χ2v) is 5.10. The average Bonchev–Trinajstić information content (AvgIpc) is 2.30. The smallest absolute Gasteiger partial charge is 0.126 e. The number of hydrogen-bond donors (Lipinski definition) is 1. The van der Waals surface area contributed by atoms with Crippen LogP contribution in [0.3, 0.4) is 0 Å². The van der Waals surface area contributed by atoms with E-state index in [1.54, 1.807) is 6.07 Å². The van der Waals surface area contributed by atoms with Crippen molar-refractivity contribution in [3.8, 4) is 0 Å². The third kappa shape index (κ3) is 3.81. The minimum absolute atomic E-state index is 0.0781. The first-order valence-electron chi connectivity index (χ1n) is 6.47. The number of hydrogen-bond acceptors (Lipinski definition) is 1. The molecule has 0 aliphatic heterocycles. The summed E-state index contributed by atoms with van der Waals surface area (Å²) < 4.78 is 13.9. The molecule has 0 aromatic heterocycles. The second-order valence-electron chi connectivity index (χ2n) is 5.10. The Bertz CT molecular complexity index is 373. The van der Waals surface area contributed by atoms with Crippen LogP contribution in [0.4, 0.5) is 4.39 Å². The maximum Gasteiger partial charge on any atom is 0.126 e. The van der Waals surface area contributed by atoms with Crippen LogP contribution in [0.25, 0.3) is 0 Å². The third-order valence-corrected chi connectivity index (χ3v) is 3.64. The molecule has 2 unspecified atom stereocenters. The van der Waals surface area contributed by atoms with Crippen LogP contribution in [0.2, 0.25) is 0 Å². The molecule has 0 saturated heterocycles. The van der Waals surface area contributed by atoms with Crippen LogP contribution in [0, 0.1) is 19.7 Å². The van der Waals surface area contributed by atoms with Crippen LogP contribution in [0.1, 0.15) is 55.7 Å². The van der Waals surface area contributed by atoms with E-state index in [4.69, 9.17) is 5.73 Å². The highest BCUT2D eigenvalue weighted by atomic mass is 19.1. The highest BCUT2D eigenvalue weighted by molar-refractivity contribution is 5.33. The molecule has 17 heavy (non-hydrogen) atoms. The van der Waals surface area contributed by atoms with E-state index in [0.717, 1.165) is 36.0 Å². The molecule has 0 heterocycles. The van der Waals surface area contributed by atoms with E-state index >= 15 is 0 Å². The Morgan fingerprint density at radius 2 is 1.76 bits per heavy atom. The Morgan fingerprint density at radius 3 is 2.35 bits per heavy atom. The summed E-state index contributed by atoms with van der Waals surface area (Å²) in [6, 6.07) is 3.86. The van der Waals surface area contributed by atoms with Crippen LogP contribution < -0.4 is 5.73 Å². The molecule has 1 nitrogen and oxygen atoms in total. The predicted molar refractivity (Wildman–Crippen MR) is 71.8 cm³/mol. The van der Waals surface area contributed by atoms with Crippen molar-refractivity contribution in [1.29, 1.82) is 0 Å². The lowest BCUT2D eigenvalue weighted by atomic mass is 9.91. The van der Waals surface area contributed by atoms with Gasteiger partial charge in [0, 0.05) is 6.04 Å². The van der Waals surface area contributed by atoms with Crippen LogP contribution in [0.15, 0.2) is 12.1 Å². The molecule has 0 amide bonds. The zero-order valence-electron chi connectivity index (χ0n) is 11.4. The topological polar surface area (TPSA) is 26.0 Å². The highest BCUT2D eigenvalue weighted by Crippen LogP contribution is 2.26. The molecule has 2 N–H and O–H groups in total. The quantitative estimate of drug-likeness (QED) is 0.821. The number of benzene rings is 1. The minimum Gasteiger partial charge on any atom is -0.328 e. The first kappa shape index (κ1) is 14.2. The molecule has 96 valence electrons. The summed E-state index contributed by atoms with van der Waals surface area (Å²) in [5.41, 5.74) is 8.91. The first-order valence-corrected chi connectivity index (χ1v) is 6.47. The van der Waals surface area contributed by atoms with Gasteiger partial charge in [0.15, 0.2) is 0 Å². The van der Waals surface area contributed by atoms with E-state index in [1.165, 1.54) is 0 Å². The molecule has 0 spiro atoms. The van der Waals surface area contributed by atoms with Crippen molar-refractivity contribution < 1.29 is 4.39 Å². The maximum atomic E-state index is 13.9. The molecular formula is C15H24FN. The maximum absolute atomic E-state index is 13.9. The van der Waals surface area contributed by atoms with Gasteiger partial charge in [-0.15, -0.1) is 0 Å². The van der Waals surface area contributed by atoms with Crippen molar-refractivity contribution >= 4 is 0 Å². The van der Waals surface area contributed by atoms with Crippen molar-refractivity contribution in [2.24, 2.45) is 5.73 Å². The van der Waals surface area contributed by atoms with Gasteiger partial charge in [0.05, 0.1) is 0 Å². The average molecular weight is 237 g/mol. The molecule has 2 atom stereocenters. The number of halogens is 1. The highest BCUT2D eigenvalue weighted by Gasteiger charge is 2.13. The predicted octanol–water partition coefficient (Wildman–Crippen LogP) is 4.06. The van der Waals surface area contributed by atoms with Gasteiger partial charge in [0.25, 0.3) is 0 Å². The van der Waals surface area contributed by atoms with Crippen molar-refractivity contribution in [1.82, 2.24) is 0 Å². The van der Waals surface area contributed by atoms with Gasteiger partial charge in [-0.2, -0.15) is 0 Å². The zero-order chi connectivity index (χ0) is 13.0. The van der Waals surface area contributed by atoms with Gasteiger partial charge in [-0.25, -0.2) is 4.39 Å². The van der Waals surface area contributed by atoms with E-state index in [2.05, 4.69) is 13.8 Å². The van der Waals surface area contributed by atoms with Crippen LogP contribution in [0.5, 0.6) is 0 Å². The summed E-state index contributed by atoms with van der Waals surface area (Å²) in [6.45, 7) is 8.14. The van der Waals surface area contributed by atoms with Gasteiger partial charge >= 0.3 is 0 Å². The molecule has 0 aliphatic rings. The van der Waals surface area contributed by atoms with Gasteiger partial charge in [-0.05, 0) is 61.8 Å². The summed E-state index contributed by atoms with van der Waals surface area (Å²) >= 11 is 0. The Hall–Kier alpha value is -0.890. The van der Waals surface area contributed by atoms with Crippen LogP contribution in [-0.4, -0.2) is 6.04 Å². The summed E-state index contributed by atoms with van der Waals surface area (Å²) in [7, 11) is 0. The fourth-order valence-electron chi connectivity index (χ4n) is 2.00. The molecule has 0 aliphatic carbocycles. The summed E-state index contributed by atoms with van der Waals surface area (Å²) in [5, 5.41) is 0. The number of rotatable bonds is 5. The van der Waals surface area contributed by atoms with Crippen molar-refractivity contribution in [3.05, 3.63) is 34.6 Å². The molecule has 0 radical (unpaired) electrons. The minimum atomic E-state index is -0.0781.